The van der Waals surface area contributed by atoms with Crippen molar-refractivity contribution < 1.29 is 0 Å². The van der Waals surface area contributed by atoms with E-state index in [0.29, 0.717) is 0 Å². The van der Waals surface area contributed by atoms with E-state index in [1.54, 1.807) is 17.0 Å². The van der Waals surface area contributed by atoms with Crippen LogP contribution in [0.4, 0.5) is 0 Å². The SMILES string of the molecule is N#C[BH2-]n1ccnn1.c1ccc([P+](c2ccccc2)(c2ccccc2)c2ccccc2)cc1. The Hall–Kier alpha value is -4.00. The van der Waals surface area contributed by atoms with Gasteiger partial charge in [0.05, 0.1) is 6.20 Å². The average Bonchev–Trinajstić information content (AvgIpc) is 3.41. The molecule has 33 heavy (non-hydrogen) atoms. The highest BCUT2D eigenvalue weighted by molar-refractivity contribution is 8.01. The van der Waals surface area contributed by atoms with Gasteiger partial charge in [0.2, 0.25) is 0 Å². The maximum atomic E-state index is 8.16. The summed E-state index contributed by atoms with van der Waals surface area (Å²) in [5, 5.41) is 20.8. The number of hydrogen-bond donors (Lipinski definition) is 0. The Morgan fingerprint density at radius 3 is 1.24 bits per heavy atom. The maximum absolute atomic E-state index is 8.16. The van der Waals surface area contributed by atoms with Crippen LogP contribution in [0.5, 0.6) is 0 Å². The van der Waals surface area contributed by atoms with Gasteiger partial charge in [0.1, 0.15) is 28.5 Å². The molecule has 1 heterocycles. The van der Waals surface area contributed by atoms with E-state index in [0.717, 1.165) is 0 Å². The monoisotopic (exact) mass is 446 g/mol. The van der Waals surface area contributed by atoms with Crippen LogP contribution in [0.25, 0.3) is 0 Å². The molecule has 0 fully saturated rings. The molecule has 0 atom stereocenters. The number of hydrogen-bond acceptors (Lipinski definition) is 3. The summed E-state index contributed by atoms with van der Waals surface area (Å²) in [6.45, 7) is 0. The molecule has 6 heteroatoms. The van der Waals surface area contributed by atoms with Crippen LogP contribution in [0.1, 0.15) is 0 Å². The van der Waals surface area contributed by atoms with Gasteiger partial charge >= 0.3 is 0 Å². The third-order valence-corrected chi connectivity index (χ3v) is 9.74. The van der Waals surface area contributed by atoms with Gasteiger partial charge in [-0.25, -0.2) is 5.26 Å². The zero-order valence-corrected chi connectivity index (χ0v) is 19.3. The topological polar surface area (TPSA) is 54.5 Å². The Morgan fingerprint density at radius 2 is 0.970 bits per heavy atom. The molecule has 5 aromatic rings. The first kappa shape index (κ1) is 22.2. The number of aromatic nitrogens is 3. The second kappa shape index (κ2) is 11.0. The van der Waals surface area contributed by atoms with Crippen LogP contribution in [0.3, 0.4) is 0 Å². The van der Waals surface area contributed by atoms with Crippen molar-refractivity contribution >= 4 is 35.9 Å². The minimum atomic E-state index is -1.91. The summed E-state index contributed by atoms with van der Waals surface area (Å²) in [7, 11) is -2.61. The molecular weight excluding hydrogens is 422 g/mol. The molecule has 0 bridgehead atoms. The van der Waals surface area contributed by atoms with Crippen LogP contribution in [-0.2, 0) is 0 Å². The molecule has 0 unspecified atom stereocenters. The van der Waals surface area contributed by atoms with Crippen molar-refractivity contribution in [3.8, 4) is 5.97 Å². The van der Waals surface area contributed by atoms with Crippen molar-refractivity contribution in [3.63, 3.8) is 0 Å². The maximum Gasteiger partial charge on any atom is 0.189 e. The van der Waals surface area contributed by atoms with E-state index >= 15 is 0 Å². The fourth-order valence-corrected chi connectivity index (χ4v) is 8.26. The fourth-order valence-electron chi connectivity index (χ4n) is 3.99. The summed E-state index contributed by atoms with van der Waals surface area (Å²) in [4.78, 5) is 0. The predicted octanol–water partition coefficient (Wildman–Crippen LogP) is 3.00. The zero-order chi connectivity index (χ0) is 22.8. The van der Waals surface area contributed by atoms with Crippen LogP contribution in [-0.4, -0.2) is 22.3 Å². The van der Waals surface area contributed by atoms with Crippen molar-refractivity contribution in [2.45, 2.75) is 0 Å². The molecule has 0 aliphatic carbocycles. The van der Waals surface area contributed by atoms with E-state index in [4.69, 9.17) is 5.26 Å². The highest BCUT2D eigenvalue weighted by atomic mass is 31.2. The summed E-state index contributed by atoms with van der Waals surface area (Å²) < 4.78 is 1.58. The Bertz CT molecular complexity index is 1110. The summed E-state index contributed by atoms with van der Waals surface area (Å²) >= 11 is 0. The Balaban J connectivity index is 0.000000275. The fraction of sp³-hybridized carbons (Fsp3) is 0. The third kappa shape index (κ3) is 4.93. The Labute approximate surface area is 195 Å². The molecule has 160 valence electrons. The first-order valence-corrected chi connectivity index (χ1v) is 12.7. The number of benzene rings is 4. The summed E-state index contributed by atoms with van der Waals surface area (Å²) in [6.07, 6.45) is 3.27. The highest BCUT2D eigenvalue weighted by Crippen LogP contribution is 2.53. The van der Waals surface area contributed by atoms with Gasteiger partial charge in [-0.15, -0.1) is 16.3 Å². The molecule has 0 N–H and O–H groups in total. The number of rotatable bonds is 5. The van der Waals surface area contributed by atoms with Crippen LogP contribution < -0.4 is 21.2 Å². The molecule has 0 saturated carbocycles. The molecule has 0 saturated heterocycles. The standard InChI is InChI=1S/C24H20P.C3H4BN4/c1-5-13-21(14-6-1)25(22-15-7-2-8-16-22,23-17-9-3-10-18-23)24-19-11-4-12-20-24;5-3-4-8-2-1-6-7-8/h1-20H;1-2H,4H2/q+1;-1. The second-order valence-corrected chi connectivity index (χ2v) is 10.9. The van der Waals surface area contributed by atoms with E-state index in [1.807, 2.05) is 0 Å². The van der Waals surface area contributed by atoms with E-state index in [-0.39, 0.29) is 0 Å². The first-order chi connectivity index (χ1) is 16.4. The van der Waals surface area contributed by atoms with Crippen molar-refractivity contribution in [1.29, 1.82) is 5.26 Å². The van der Waals surface area contributed by atoms with Gasteiger partial charge in [-0.2, -0.15) is 0 Å². The van der Waals surface area contributed by atoms with Crippen LogP contribution in [0.15, 0.2) is 134 Å². The minimum absolute atomic E-state index is 0.701. The van der Waals surface area contributed by atoms with Crippen molar-refractivity contribution in [3.05, 3.63) is 134 Å². The van der Waals surface area contributed by atoms with E-state index in [9.17, 15) is 0 Å². The molecule has 4 aromatic carbocycles. The van der Waals surface area contributed by atoms with Crippen molar-refractivity contribution in [2.24, 2.45) is 0 Å². The van der Waals surface area contributed by atoms with E-state index in [1.165, 1.54) is 21.2 Å². The van der Waals surface area contributed by atoms with E-state index < -0.39 is 14.7 Å². The van der Waals surface area contributed by atoms with Gasteiger partial charge in [0.15, 0.2) is 7.41 Å². The highest BCUT2D eigenvalue weighted by Gasteiger charge is 2.47. The summed E-state index contributed by atoms with van der Waals surface area (Å²) in [5.41, 5.74) is 0. The van der Waals surface area contributed by atoms with Crippen LogP contribution in [0.2, 0.25) is 0 Å². The van der Waals surface area contributed by atoms with Crippen molar-refractivity contribution in [2.75, 3.05) is 0 Å². The normalized spacial score (nSPS) is 10.5. The summed E-state index contributed by atoms with van der Waals surface area (Å²) in [5.74, 6) is 2.06. The van der Waals surface area contributed by atoms with Gasteiger partial charge in [0, 0.05) is 6.20 Å². The lowest BCUT2D eigenvalue weighted by molar-refractivity contribution is 0.872. The molecule has 0 aliphatic rings. The molecule has 1 aromatic heterocycles. The van der Waals surface area contributed by atoms with Crippen LogP contribution >= 0.6 is 7.26 Å². The predicted molar refractivity (Wildman–Crippen MR) is 141 cm³/mol. The van der Waals surface area contributed by atoms with Crippen LogP contribution in [0, 0.1) is 11.2 Å². The Kier molecular flexibility index (Phi) is 7.43. The molecule has 0 radical (unpaired) electrons. The zero-order valence-electron chi connectivity index (χ0n) is 18.4. The average molecular weight is 446 g/mol. The molecule has 5 rings (SSSR count). The van der Waals surface area contributed by atoms with Gasteiger partial charge in [0.25, 0.3) is 0 Å². The third-order valence-electron chi connectivity index (χ3n) is 5.44. The van der Waals surface area contributed by atoms with E-state index in [2.05, 4.69) is 138 Å². The lowest BCUT2D eigenvalue weighted by Gasteiger charge is -2.27. The quantitative estimate of drug-likeness (QED) is 0.308. The number of nitriles is 1. The molecule has 4 nitrogen and oxygen atoms in total. The number of nitrogens with zero attached hydrogens (tertiary/aromatic N) is 4. The van der Waals surface area contributed by atoms with Crippen molar-refractivity contribution in [1.82, 2.24) is 14.9 Å². The molecule has 0 amide bonds. The lowest BCUT2D eigenvalue weighted by Crippen LogP contribution is -2.38. The Morgan fingerprint density at radius 1 is 0.606 bits per heavy atom. The summed E-state index contributed by atoms with van der Waals surface area (Å²) in [6, 6.07) is 43.8. The largest absolute Gasteiger partial charge is 0.416 e. The minimum Gasteiger partial charge on any atom is -0.416 e. The van der Waals surface area contributed by atoms with Gasteiger partial charge < -0.3 is 4.59 Å². The lowest BCUT2D eigenvalue weighted by atomic mass is 10.0. The molecule has 0 spiro atoms. The van der Waals surface area contributed by atoms with Gasteiger partial charge in [-0.1, -0.05) is 72.8 Å². The molecular formula is C27H24BN4P. The second-order valence-electron chi connectivity index (χ2n) is 7.54. The van der Waals surface area contributed by atoms with Gasteiger partial charge in [-0.3, -0.25) is 0 Å². The smallest absolute Gasteiger partial charge is 0.189 e. The van der Waals surface area contributed by atoms with Gasteiger partial charge in [-0.05, 0) is 48.5 Å². The first-order valence-electron chi connectivity index (χ1n) is 11.0. The molecule has 0 aliphatic heterocycles.